The maximum Gasteiger partial charge on any atom is 0.242 e. The van der Waals surface area contributed by atoms with Gasteiger partial charge in [0.15, 0.2) is 5.78 Å². The van der Waals surface area contributed by atoms with E-state index in [2.05, 4.69) is 0 Å². The molecule has 2 aliphatic carbocycles. The van der Waals surface area contributed by atoms with Gasteiger partial charge in [0.05, 0.1) is 25.7 Å². The maximum atomic E-state index is 13.6. The number of carbonyl (C=O) groups excluding carboxylic acids is 3. The molecule has 0 spiro atoms. The van der Waals surface area contributed by atoms with Crippen molar-refractivity contribution in [3.8, 4) is 5.75 Å². The van der Waals surface area contributed by atoms with E-state index in [4.69, 9.17) is 9.47 Å². The third kappa shape index (κ3) is 4.85. The molecule has 1 aliphatic heterocycles. The standard InChI is InChI=1S/C27H30N2O5/c1-33-20-6-4-5-19(11-20)13-28-14-21(34-17-18-9-10-18)15-29(16-26(28)31)27(32)24-12-25(30)23-8-3-2-7-22(23)24/h2-8,11,18,21,24H,9-10,12-17H2,1H3/t21-,24-/m1/s1. The number of benzene rings is 2. The van der Waals surface area contributed by atoms with Crippen LogP contribution in [0.1, 0.15) is 46.7 Å². The van der Waals surface area contributed by atoms with Crippen LogP contribution in [0.4, 0.5) is 0 Å². The molecule has 5 rings (SSSR count). The van der Waals surface area contributed by atoms with E-state index in [1.54, 1.807) is 23.0 Å². The van der Waals surface area contributed by atoms with Crippen LogP contribution in [0.2, 0.25) is 0 Å². The van der Waals surface area contributed by atoms with E-state index >= 15 is 0 Å². The van der Waals surface area contributed by atoms with Crippen LogP contribution in [0, 0.1) is 5.92 Å². The lowest BCUT2D eigenvalue weighted by Gasteiger charge is -2.26. The summed E-state index contributed by atoms with van der Waals surface area (Å²) in [6.07, 6.45) is 2.23. The second kappa shape index (κ2) is 9.58. The molecule has 1 saturated carbocycles. The summed E-state index contributed by atoms with van der Waals surface area (Å²) in [5, 5.41) is 0. The molecule has 1 heterocycles. The van der Waals surface area contributed by atoms with Crippen LogP contribution < -0.4 is 4.74 Å². The number of nitrogens with zero attached hydrogens (tertiary/aromatic N) is 2. The lowest BCUT2D eigenvalue weighted by Crippen LogP contribution is -2.42. The Morgan fingerprint density at radius 3 is 2.68 bits per heavy atom. The van der Waals surface area contributed by atoms with Gasteiger partial charge in [-0.1, -0.05) is 36.4 Å². The molecule has 2 aromatic carbocycles. The van der Waals surface area contributed by atoms with Crippen molar-refractivity contribution in [3.05, 3.63) is 65.2 Å². The minimum Gasteiger partial charge on any atom is -0.497 e. The number of carbonyl (C=O) groups is 3. The molecule has 2 fully saturated rings. The summed E-state index contributed by atoms with van der Waals surface area (Å²) in [7, 11) is 1.62. The van der Waals surface area contributed by atoms with Crippen molar-refractivity contribution < 1.29 is 23.9 Å². The Bertz CT molecular complexity index is 1100. The van der Waals surface area contributed by atoms with Crippen LogP contribution >= 0.6 is 0 Å². The molecule has 2 amide bonds. The Hall–Kier alpha value is -3.19. The molecule has 178 valence electrons. The number of hydrogen-bond acceptors (Lipinski definition) is 5. The van der Waals surface area contributed by atoms with Crippen LogP contribution in [0.15, 0.2) is 48.5 Å². The van der Waals surface area contributed by atoms with Crippen molar-refractivity contribution in [2.45, 2.75) is 37.8 Å². The van der Waals surface area contributed by atoms with Crippen LogP contribution in [0.5, 0.6) is 5.75 Å². The number of hydrogen-bond donors (Lipinski definition) is 0. The Kier molecular flexibility index (Phi) is 6.37. The van der Waals surface area contributed by atoms with Crippen molar-refractivity contribution in [2.75, 3.05) is 33.4 Å². The number of methoxy groups -OCH3 is 1. The molecular formula is C27H30N2O5. The number of Topliss-reactive ketones (excluding diaryl/α,β-unsaturated/α-hetero) is 1. The lowest BCUT2D eigenvalue weighted by atomic mass is 9.99. The molecule has 1 saturated heterocycles. The number of rotatable bonds is 7. The summed E-state index contributed by atoms with van der Waals surface area (Å²) >= 11 is 0. The van der Waals surface area contributed by atoms with E-state index in [1.807, 2.05) is 42.5 Å². The fourth-order valence-corrected chi connectivity index (χ4v) is 4.85. The minimum absolute atomic E-state index is 0.0149. The summed E-state index contributed by atoms with van der Waals surface area (Å²) in [4.78, 5) is 42.7. The number of fused-ring (bicyclic) bond motifs is 1. The predicted molar refractivity (Wildman–Crippen MR) is 126 cm³/mol. The van der Waals surface area contributed by atoms with Gasteiger partial charge in [0.25, 0.3) is 0 Å². The Morgan fingerprint density at radius 2 is 1.88 bits per heavy atom. The molecule has 2 aromatic rings. The fraction of sp³-hybridized carbons (Fsp3) is 0.444. The fourth-order valence-electron chi connectivity index (χ4n) is 4.85. The molecule has 3 aliphatic rings. The number of amides is 2. The van der Waals surface area contributed by atoms with Crippen molar-refractivity contribution in [3.63, 3.8) is 0 Å². The normalized spacial score (nSPS) is 22.5. The highest BCUT2D eigenvalue weighted by Crippen LogP contribution is 2.35. The third-order valence-electron chi connectivity index (χ3n) is 6.93. The summed E-state index contributed by atoms with van der Waals surface area (Å²) in [5.41, 5.74) is 2.34. The average molecular weight is 463 g/mol. The average Bonchev–Trinajstić information content (AvgIpc) is 3.64. The van der Waals surface area contributed by atoms with Crippen molar-refractivity contribution in [1.82, 2.24) is 9.80 Å². The molecule has 0 aromatic heterocycles. The van der Waals surface area contributed by atoms with Gasteiger partial charge in [-0.05, 0) is 42.0 Å². The highest BCUT2D eigenvalue weighted by molar-refractivity contribution is 6.07. The van der Waals surface area contributed by atoms with Crippen LogP contribution in [-0.4, -0.2) is 66.9 Å². The van der Waals surface area contributed by atoms with Crippen molar-refractivity contribution >= 4 is 17.6 Å². The predicted octanol–water partition coefficient (Wildman–Crippen LogP) is 3.03. The quantitative estimate of drug-likeness (QED) is 0.632. The summed E-state index contributed by atoms with van der Waals surface area (Å²) in [5.74, 6) is 0.472. The van der Waals surface area contributed by atoms with Crippen molar-refractivity contribution in [1.29, 1.82) is 0 Å². The zero-order valence-corrected chi connectivity index (χ0v) is 19.4. The van der Waals surface area contributed by atoms with Crippen molar-refractivity contribution in [2.24, 2.45) is 5.92 Å². The van der Waals surface area contributed by atoms with Gasteiger partial charge in [0, 0.05) is 38.2 Å². The highest BCUT2D eigenvalue weighted by atomic mass is 16.5. The van der Waals surface area contributed by atoms with Gasteiger partial charge in [-0.3, -0.25) is 14.4 Å². The zero-order valence-electron chi connectivity index (χ0n) is 19.4. The monoisotopic (exact) mass is 462 g/mol. The van der Waals surface area contributed by atoms with Crippen LogP contribution in [-0.2, 0) is 20.9 Å². The Labute approximate surface area is 199 Å². The highest BCUT2D eigenvalue weighted by Gasteiger charge is 2.39. The smallest absolute Gasteiger partial charge is 0.242 e. The zero-order chi connectivity index (χ0) is 23.7. The molecule has 7 heteroatoms. The van der Waals surface area contributed by atoms with E-state index < -0.39 is 5.92 Å². The Balaban J connectivity index is 1.35. The van der Waals surface area contributed by atoms with Gasteiger partial charge < -0.3 is 19.3 Å². The van der Waals surface area contributed by atoms with E-state index in [1.165, 1.54) is 12.8 Å². The van der Waals surface area contributed by atoms with Gasteiger partial charge in [-0.2, -0.15) is 0 Å². The molecule has 7 nitrogen and oxygen atoms in total. The SMILES string of the molecule is COc1cccc(CN2C[C@@H](OCC3CC3)CN(C(=O)[C@@H]3CC(=O)c4ccccc43)CC2=O)c1. The van der Waals surface area contributed by atoms with E-state index in [9.17, 15) is 14.4 Å². The molecule has 0 bridgehead atoms. The van der Waals surface area contributed by atoms with Gasteiger partial charge >= 0.3 is 0 Å². The van der Waals surface area contributed by atoms with E-state index in [0.717, 1.165) is 16.9 Å². The molecule has 0 unspecified atom stereocenters. The minimum atomic E-state index is -0.537. The van der Waals surface area contributed by atoms with Crippen LogP contribution in [0.25, 0.3) is 0 Å². The van der Waals surface area contributed by atoms with E-state index in [-0.39, 0.29) is 36.7 Å². The summed E-state index contributed by atoms with van der Waals surface area (Å²) < 4.78 is 11.5. The molecule has 0 radical (unpaired) electrons. The Morgan fingerprint density at radius 1 is 1.06 bits per heavy atom. The lowest BCUT2D eigenvalue weighted by molar-refractivity contribution is -0.139. The van der Waals surface area contributed by atoms with Gasteiger partial charge in [-0.15, -0.1) is 0 Å². The summed E-state index contributed by atoms with van der Waals surface area (Å²) in [6.45, 7) is 1.83. The first-order valence-electron chi connectivity index (χ1n) is 11.9. The maximum absolute atomic E-state index is 13.6. The molecule has 2 atom stereocenters. The molecule has 34 heavy (non-hydrogen) atoms. The summed E-state index contributed by atoms with van der Waals surface area (Å²) in [6, 6.07) is 14.9. The first kappa shape index (κ1) is 22.6. The van der Waals surface area contributed by atoms with Gasteiger partial charge in [0.1, 0.15) is 5.75 Å². The first-order valence-corrected chi connectivity index (χ1v) is 11.9. The number of ketones is 1. The largest absolute Gasteiger partial charge is 0.497 e. The molecular weight excluding hydrogens is 432 g/mol. The number of ether oxygens (including phenoxy) is 2. The second-order valence-electron chi connectivity index (χ2n) is 9.51. The van der Waals surface area contributed by atoms with Gasteiger partial charge in [-0.25, -0.2) is 0 Å². The van der Waals surface area contributed by atoms with E-state index in [0.29, 0.717) is 37.7 Å². The first-order chi connectivity index (χ1) is 16.5. The second-order valence-corrected chi connectivity index (χ2v) is 9.51. The third-order valence-corrected chi connectivity index (χ3v) is 6.93. The van der Waals surface area contributed by atoms with Crippen LogP contribution in [0.3, 0.4) is 0 Å². The molecule has 0 N–H and O–H groups in total. The van der Waals surface area contributed by atoms with Gasteiger partial charge in [0.2, 0.25) is 11.8 Å². The topological polar surface area (TPSA) is 76.2 Å².